The molecule has 1 unspecified atom stereocenters. The van der Waals surface area contributed by atoms with Crippen LogP contribution in [0.15, 0.2) is 0 Å². The van der Waals surface area contributed by atoms with Crippen molar-refractivity contribution in [3.63, 3.8) is 0 Å². The summed E-state index contributed by atoms with van der Waals surface area (Å²) in [5.41, 5.74) is -0.545. The first-order valence-corrected chi connectivity index (χ1v) is 9.74. The molecular weight excluding hydrogens is 316 g/mol. The molecule has 0 aromatic rings. The number of ether oxygens (including phenoxy) is 1. The van der Waals surface area contributed by atoms with Gasteiger partial charge in [-0.2, -0.15) is 0 Å². The average Bonchev–Trinajstić information content (AvgIpc) is 2.46. The molecule has 0 N–H and O–H groups in total. The Morgan fingerprint density at radius 2 is 1.65 bits per heavy atom. The third-order valence-corrected chi connectivity index (χ3v) is 5.90. The highest BCUT2D eigenvalue weighted by molar-refractivity contribution is 7.86. The third-order valence-electron chi connectivity index (χ3n) is 4.21. The number of rotatable bonds is 4. The Labute approximate surface area is 142 Å². The fourth-order valence-electron chi connectivity index (χ4n) is 2.80. The lowest BCUT2D eigenvalue weighted by Crippen LogP contribution is -2.58. The van der Waals surface area contributed by atoms with Crippen molar-refractivity contribution >= 4 is 22.8 Å². The van der Waals surface area contributed by atoms with Crippen molar-refractivity contribution < 1.29 is 18.5 Å². The SMILES string of the molecule is CCN(CC)C(=O)C1(S(C)=O)CCN(C(=O)OC(C)(C)C)CC1. The van der Waals surface area contributed by atoms with Gasteiger partial charge in [0.15, 0.2) is 0 Å². The smallest absolute Gasteiger partial charge is 0.410 e. The molecule has 0 aliphatic carbocycles. The molecule has 134 valence electrons. The van der Waals surface area contributed by atoms with E-state index in [1.54, 1.807) is 16.1 Å². The van der Waals surface area contributed by atoms with E-state index in [-0.39, 0.29) is 12.0 Å². The minimum Gasteiger partial charge on any atom is -0.444 e. The standard InChI is InChI=1S/C16H30N2O4S/c1-7-17(8-2)13(19)16(23(6)21)9-11-18(12-10-16)14(20)22-15(3,4)5/h7-12H2,1-6H3. The number of carbonyl (C=O) groups is 2. The zero-order valence-corrected chi connectivity index (χ0v) is 16.0. The van der Waals surface area contributed by atoms with Crippen molar-refractivity contribution in [2.24, 2.45) is 0 Å². The molecule has 0 aromatic carbocycles. The number of nitrogens with zero attached hydrogens (tertiary/aromatic N) is 2. The van der Waals surface area contributed by atoms with Gasteiger partial charge in [0, 0.05) is 43.2 Å². The van der Waals surface area contributed by atoms with Crippen molar-refractivity contribution in [1.29, 1.82) is 0 Å². The number of likely N-dealkylation sites (tertiary alicyclic amines) is 1. The summed E-state index contributed by atoms with van der Waals surface area (Å²) in [6.07, 6.45) is 2.03. The van der Waals surface area contributed by atoms with E-state index in [1.807, 2.05) is 34.6 Å². The minimum atomic E-state index is -1.28. The Kier molecular flexibility index (Phi) is 6.62. The second-order valence-electron chi connectivity index (χ2n) is 6.89. The topological polar surface area (TPSA) is 66.9 Å². The predicted octanol–water partition coefficient (Wildman–Crippen LogP) is 2.00. The van der Waals surface area contributed by atoms with E-state index in [9.17, 15) is 13.8 Å². The molecule has 2 amide bonds. The summed E-state index contributed by atoms with van der Waals surface area (Å²) in [5.74, 6) is -0.0628. The highest BCUT2D eigenvalue weighted by atomic mass is 32.2. The van der Waals surface area contributed by atoms with Gasteiger partial charge in [0.05, 0.1) is 0 Å². The summed E-state index contributed by atoms with van der Waals surface area (Å²) in [4.78, 5) is 28.3. The molecule has 1 aliphatic heterocycles. The molecule has 0 bridgehead atoms. The Bertz CT molecular complexity index is 461. The van der Waals surface area contributed by atoms with Gasteiger partial charge >= 0.3 is 6.09 Å². The van der Waals surface area contributed by atoms with E-state index in [1.165, 1.54) is 0 Å². The normalized spacial score (nSPS) is 19.1. The monoisotopic (exact) mass is 346 g/mol. The zero-order valence-electron chi connectivity index (χ0n) is 15.2. The number of hydrogen-bond donors (Lipinski definition) is 0. The molecule has 1 atom stereocenters. The molecule has 1 aliphatic rings. The zero-order chi connectivity index (χ0) is 17.8. The molecule has 0 aromatic heterocycles. The molecule has 7 heteroatoms. The molecule has 0 spiro atoms. The van der Waals surface area contributed by atoms with E-state index in [2.05, 4.69) is 0 Å². The Morgan fingerprint density at radius 1 is 1.17 bits per heavy atom. The number of carbonyl (C=O) groups excluding carboxylic acids is 2. The summed E-state index contributed by atoms with van der Waals surface area (Å²) < 4.78 is 16.8. The van der Waals surface area contributed by atoms with Crippen molar-refractivity contribution in [3.8, 4) is 0 Å². The van der Waals surface area contributed by atoms with E-state index >= 15 is 0 Å². The minimum absolute atomic E-state index is 0.0628. The lowest BCUT2D eigenvalue weighted by molar-refractivity contribution is -0.134. The average molecular weight is 346 g/mol. The van der Waals surface area contributed by atoms with Gasteiger partial charge < -0.3 is 14.5 Å². The van der Waals surface area contributed by atoms with Crippen molar-refractivity contribution in [3.05, 3.63) is 0 Å². The van der Waals surface area contributed by atoms with Crippen LogP contribution in [-0.4, -0.2) is 68.8 Å². The number of piperidine rings is 1. The predicted molar refractivity (Wildman–Crippen MR) is 91.8 cm³/mol. The van der Waals surface area contributed by atoms with Crippen molar-refractivity contribution in [2.45, 2.75) is 57.8 Å². The largest absolute Gasteiger partial charge is 0.444 e. The van der Waals surface area contributed by atoms with E-state index in [0.717, 1.165) is 0 Å². The second-order valence-corrected chi connectivity index (χ2v) is 8.58. The van der Waals surface area contributed by atoms with Gasteiger partial charge in [-0.15, -0.1) is 0 Å². The fraction of sp³-hybridized carbons (Fsp3) is 0.875. The van der Waals surface area contributed by atoms with Crippen LogP contribution in [0.2, 0.25) is 0 Å². The van der Waals surface area contributed by atoms with Gasteiger partial charge in [-0.05, 0) is 47.5 Å². The van der Waals surface area contributed by atoms with Crippen LogP contribution in [0.3, 0.4) is 0 Å². The van der Waals surface area contributed by atoms with E-state index in [0.29, 0.717) is 39.0 Å². The van der Waals surface area contributed by atoms with Crippen LogP contribution < -0.4 is 0 Å². The van der Waals surface area contributed by atoms with Gasteiger partial charge in [0.25, 0.3) is 0 Å². The number of hydrogen-bond acceptors (Lipinski definition) is 4. The molecule has 1 saturated heterocycles. The fourth-order valence-corrected chi connectivity index (χ4v) is 3.93. The Morgan fingerprint density at radius 3 is 2.00 bits per heavy atom. The number of amides is 2. The quantitative estimate of drug-likeness (QED) is 0.781. The summed E-state index contributed by atoms with van der Waals surface area (Å²) in [7, 11) is -1.28. The first kappa shape index (κ1) is 19.9. The highest BCUT2D eigenvalue weighted by Gasteiger charge is 2.47. The van der Waals surface area contributed by atoms with Crippen molar-refractivity contribution in [2.75, 3.05) is 32.4 Å². The molecule has 23 heavy (non-hydrogen) atoms. The maximum Gasteiger partial charge on any atom is 0.410 e. The van der Waals surface area contributed by atoms with Crippen LogP contribution >= 0.6 is 0 Å². The third kappa shape index (κ3) is 4.68. The molecule has 6 nitrogen and oxygen atoms in total. The maximum absolute atomic E-state index is 12.8. The lowest BCUT2D eigenvalue weighted by Gasteiger charge is -2.41. The van der Waals surface area contributed by atoms with Gasteiger partial charge in [0.2, 0.25) is 5.91 Å². The Balaban J connectivity index is 2.84. The van der Waals surface area contributed by atoms with Crippen LogP contribution in [0.4, 0.5) is 4.79 Å². The van der Waals surface area contributed by atoms with E-state index < -0.39 is 21.1 Å². The summed E-state index contributed by atoms with van der Waals surface area (Å²) >= 11 is 0. The van der Waals surface area contributed by atoms with Gasteiger partial charge in [-0.1, -0.05) is 0 Å². The maximum atomic E-state index is 12.8. The van der Waals surface area contributed by atoms with Gasteiger partial charge in [0.1, 0.15) is 10.3 Å². The van der Waals surface area contributed by atoms with Crippen LogP contribution in [-0.2, 0) is 20.3 Å². The molecule has 1 fully saturated rings. The first-order valence-electron chi connectivity index (χ1n) is 8.18. The molecule has 1 heterocycles. The second kappa shape index (κ2) is 7.64. The summed E-state index contributed by atoms with van der Waals surface area (Å²) in [6, 6.07) is 0. The first-order chi connectivity index (χ1) is 10.6. The summed E-state index contributed by atoms with van der Waals surface area (Å²) in [5, 5.41) is 0. The van der Waals surface area contributed by atoms with Crippen LogP contribution in [0.1, 0.15) is 47.5 Å². The molecular formula is C16H30N2O4S. The van der Waals surface area contributed by atoms with E-state index in [4.69, 9.17) is 4.74 Å². The molecule has 1 rings (SSSR count). The van der Waals surface area contributed by atoms with Crippen LogP contribution in [0, 0.1) is 0 Å². The molecule has 0 saturated carbocycles. The highest BCUT2D eigenvalue weighted by Crippen LogP contribution is 2.31. The van der Waals surface area contributed by atoms with Gasteiger partial charge in [-0.3, -0.25) is 9.00 Å². The molecule has 0 radical (unpaired) electrons. The lowest BCUT2D eigenvalue weighted by atomic mass is 9.94. The summed E-state index contributed by atoms with van der Waals surface area (Å²) in [6.45, 7) is 11.3. The van der Waals surface area contributed by atoms with Gasteiger partial charge in [-0.25, -0.2) is 4.79 Å². The van der Waals surface area contributed by atoms with Crippen molar-refractivity contribution in [1.82, 2.24) is 9.80 Å². The Hall–Kier alpha value is -1.11. The van der Waals surface area contributed by atoms with Crippen LogP contribution in [0.5, 0.6) is 0 Å². The van der Waals surface area contributed by atoms with Crippen LogP contribution in [0.25, 0.3) is 0 Å².